The van der Waals surface area contributed by atoms with Crippen LogP contribution in [0.5, 0.6) is 0 Å². The van der Waals surface area contributed by atoms with Crippen LogP contribution in [0.1, 0.15) is 18.3 Å². The van der Waals surface area contributed by atoms with Gasteiger partial charge >= 0.3 is 5.69 Å². The lowest BCUT2D eigenvalue weighted by atomic mass is 10.2. The van der Waals surface area contributed by atoms with Crippen molar-refractivity contribution in [3.8, 4) is 11.4 Å². The lowest BCUT2D eigenvalue weighted by Crippen LogP contribution is -2.49. The lowest BCUT2D eigenvalue weighted by molar-refractivity contribution is 0.483. The van der Waals surface area contributed by atoms with Gasteiger partial charge in [-0.2, -0.15) is 10.1 Å². The molecule has 0 aromatic carbocycles. The Hall–Kier alpha value is -3.33. The highest BCUT2D eigenvalue weighted by atomic mass is 19.1. The van der Waals surface area contributed by atoms with E-state index in [9.17, 15) is 4.79 Å². The molecule has 1 fully saturated rings. The fourth-order valence-corrected chi connectivity index (χ4v) is 4.05. The molecule has 4 aromatic heterocycles. The average molecular weight is 407 g/mol. The molecule has 1 aliphatic heterocycles. The van der Waals surface area contributed by atoms with E-state index >= 15 is 4.39 Å². The van der Waals surface area contributed by atoms with Gasteiger partial charge in [-0.1, -0.05) is 0 Å². The van der Waals surface area contributed by atoms with Gasteiger partial charge in [-0.05, 0) is 39.0 Å². The Kier molecular flexibility index (Phi) is 4.28. The molecular weight excluding hydrogens is 385 g/mol. The van der Waals surface area contributed by atoms with Gasteiger partial charge < -0.3 is 10.2 Å². The standard InChI is InChI=1S/C21H22FN7O/c1-12-6-16-8-15(7-14(3)29(16)26-12)19-24-20-18(22)9-17(11-28(20)21(30)25-19)27-5-4-23-13(2)10-27/h6-9,11,13,23H,4-5,10H2,1-3H3/t13-/m0/s1. The van der Waals surface area contributed by atoms with Crippen LogP contribution >= 0.6 is 0 Å². The first-order chi connectivity index (χ1) is 14.4. The number of hydrogen-bond donors (Lipinski definition) is 1. The summed E-state index contributed by atoms with van der Waals surface area (Å²) in [5.41, 5.74) is 3.35. The van der Waals surface area contributed by atoms with E-state index in [2.05, 4.69) is 32.2 Å². The van der Waals surface area contributed by atoms with Gasteiger partial charge in [-0.15, -0.1) is 0 Å². The normalized spacial score (nSPS) is 17.2. The highest BCUT2D eigenvalue weighted by Crippen LogP contribution is 2.23. The summed E-state index contributed by atoms with van der Waals surface area (Å²) in [5, 5.41) is 7.78. The zero-order valence-corrected chi connectivity index (χ0v) is 17.1. The second kappa shape index (κ2) is 6.88. The molecule has 1 N–H and O–H groups in total. The van der Waals surface area contributed by atoms with Gasteiger partial charge in [0.05, 0.1) is 16.9 Å². The van der Waals surface area contributed by atoms with E-state index in [4.69, 9.17) is 0 Å². The first-order valence-corrected chi connectivity index (χ1v) is 9.95. The van der Waals surface area contributed by atoms with Gasteiger partial charge in [0.2, 0.25) is 0 Å². The van der Waals surface area contributed by atoms with E-state index in [1.54, 1.807) is 6.20 Å². The van der Waals surface area contributed by atoms with Crippen molar-refractivity contribution in [2.45, 2.75) is 26.8 Å². The number of pyridine rings is 2. The molecule has 1 atom stereocenters. The van der Waals surface area contributed by atoms with Crippen LogP contribution in [0, 0.1) is 19.7 Å². The molecule has 154 valence electrons. The Labute approximate surface area is 172 Å². The molecule has 0 unspecified atom stereocenters. The third kappa shape index (κ3) is 3.11. The third-order valence-electron chi connectivity index (χ3n) is 5.45. The summed E-state index contributed by atoms with van der Waals surface area (Å²) < 4.78 is 18.0. The van der Waals surface area contributed by atoms with Crippen molar-refractivity contribution in [1.29, 1.82) is 0 Å². The molecular formula is C21H22FN7O. The molecule has 0 radical (unpaired) electrons. The number of rotatable bonds is 2. The maximum absolute atomic E-state index is 15.0. The Morgan fingerprint density at radius 2 is 2.00 bits per heavy atom. The van der Waals surface area contributed by atoms with Gasteiger partial charge in [-0.25, -0.2) is 23.1 Å². The number of fused-ring (bicyclic) bond motifs is 2. The number of aryl methyl sites for hydroxylation is 2. The summed E-state index contributed by atoms with van der Waals surface area (Å²) in [6.45, 7) is 8.19. The third-order valence-corrected chi connectivity index (χ3v) is 5.45. The van der Waals surface area contributed by atoms with Gasteiger partial charge in [0.25, 0.3) is 0 Å². The quantitative estimate of drug-likeness (QED) is 0.547. The molecule has 0 saturated carbocycles. The minimum atomic E-state index is -0.554. The molecule has 0 spiro atoms. The van der Waals surface area contributed by atoms with Gasteiger partial charge in [0.1, 0.15) is 0 Å². The maximum Gasteiger partial charge on any atom is 0.355 e. The molecule has 5 heterocycles. The van der Waals surface area contributed by atoms with Crippen molar-refractivity contribution in [2.24, 2.45) is 0 Å². The highest BCUT2D eigenvalue weighted by molar-refractivity contribution is 5.66. The van der Waals surface area contributed by atoms with Crippen LogP contribution in [0.4, 0.5) is 10.1 Å². The van der Waals surface area contributed by atoms with Crippen molar-refractivity contribution in [3.63, 3.8) is 0 Å². The molecule has 0 aliphatic carbocycles. The number of nitrogens with one attached hydrogen (secondary N) is 1. The fraction of sp³-hybridized carbons (Fsp3) is 0.333. The van der Waals surface area contributed by atoms with Crippen LogP contribution in [0.15, 0.2) is 35.3 Å². The number of aromatic nitrogens is 5. The van der Waals surface area contributed by atoms with E-state index in [1.165, 1.54) is 10.5 Å². The number of nitrogens with zero attached hydrogens (tertiary/aromatic N) is 6. The molecule has 5 rings (SSSR count). The highest BCUT2D eigenvalue weighted by Gasteiger charge is 2.19. The fourth-order valence-electron chi connectivity index (χ4n) is 4.05. The number of piperazine rings is 1. The van der Waals surface area contributed by atoms with Crippen LogP contribution in [0.25, 0.3) is 22.6 Å². The maximum atomic E-state index is 15.0. The molecule has 8 nitrogen and oxygen atoms in total. The number of halogens is 1. The van der Waals surface area contributed by atoms with Gasteiger partial charge in [0, 0.05) is 49.2 Å². The predicted molar refractivity (Wildman–Crippen MR) is 113 cm³/mol. The van der Waals surface area contributed by atoms with Crippen LogP contribution < -0.4 is 15.9 Å². The first-order valence-electron chi connectivity index (χ1n) is 9.95. The monoisotopic (exact) mass is 407 g/mol. The second-order valence-corrected chi connectivity index (χ2v) is 7.88. The zero-order valence-electron chi connectivity index (χ0n) is 17.1. The minimum absolute atomic E-state index is 0.0286. The van der Waals surface area contributed by atoms with E-state index in [-0.39, 0.29) is 17.5 Å². The molecule has 0 amide bonds. The van der Waals surface area contributed by atoms with E-state index < -0.39 is 11.5 Å². The summed E-state index contributed by atoms with van der Waals surface area (Å²) >= 11 is 0. The summed E-state index contributed by atoms with van der Waals surface area (Å²) in [6.07, 6.45) is 1.62. The first kappa shape index (κ1) is 18.7. The molecule has 1 saturated heterocycles. The van der Waals surface area contributed by atoms with Crippen molar-refractivity contribution in [2.75, 3.05) is 24.5 Å². The van der Waals surface area contributed by atoms with Crippen molar-refractivity contribution < 1.29 is 4.39 Å². The zero-order chi connectivity index (χ0) is 21.0. The largest absolute Gasteiger partial charge is 0.367 e. The van der Waals surface area contributed by atoms with E-state index in [0.717, 1.165) is 36.5 Å². The van der Waals surface area contributed by atoms with E-state index in [0.29, 0.717) is 11.3 Å². The Bertz CT molecular complexity index is 1340. The SMILES string of the molecule is Cc1cc2cc(-c3nc(=O)n4cc(N5CCN[C@@H](C)C5)cc(F)c4n3)cc(C)n2n1. The summed E-state index contributed by atoms with van der Waals surface area (Å²) in [4.78, 5) is 23.3. The Morgan fingerprint density at radius 3 is 2.80 bits per heavy atom. The van der Waals surface area contributed by atoms with Crippen LogP contribution in [-0.2, 0) is 0 Å². The van der Waals surface area contributed by atoms with Crippen molar-refractivity contribution in [1.82, 2.24) is 29.3 Å². The molecule has 0 bridgehead atoms. The molecule has 30 heavy (non-hydrogen) atoms. The van der Waals surface area contributed by atoms with Gasteiger partial charge in [0.15, 0.2) is 17.3 Å². The molecule has 1 aliphatic rings. The van der Waals surface area contributed by atoms with Crippen LogP contribution in [-0.4, -0.2) is 49.7 Å². The Balaban J connectivity index is 1.63. The predicted octanol–water partition coefficient (Wildman–Crippen LogP) is 1.96. The summed E-state index contributed by atoms with van der Waals surface area (Å²) in [6, 6.07) is 7.37. The number of hydrogen-bond acceptors (Lipinski definition) is 6. The second-order valence-electron chi connectivity index (χ2n) is 7.88. The lowest BCUT2D eigenvalue weighted by Gasteiger charge is -2.33. The Morgan fingerprint density at radius 1 is 1.17 bits per heavy atom. The van der Waals surface area contributed by atoms with Crippen LogP contribution in [0.2, 0.25) is 0 Å². The molecule has 9 heteroatoms. The number of anilines is 1. The topological polar surface area (TPSA) is 79.8 Å². The van der Waals surface area contributed by atoms with Crippen molar-refractivity contribution in [3.05, 3.63) is 58.2 Å². The summed E-state index contributed by atoms with van der Waals surface area (Å²) in [7, 11) is 0. The average Bonchev–Trinajstić information content (AvgIpc) is 3.09. The smallest absolute Gasteiger partial charge is 0.355 e. The molecule has 4 aromatic rings. The summed E-state index contributed by atoms with van der Waals surface area (Å²) in [5.74, 6) is -0.343. The van der Waals surface area contributed by atoms with Gasteiger partial charge in [-0.3, -0.25) is 0 Å². The van der Waals surface area contributed by atoms with Crippen LogP contribution in [0.3, 0.4) is 0 Å². The van der Waals surface area contributed by atoms with E-state index in [1.807, 2.05) is 36.6 Å². The minimum Gasteiger partial charge on any atom is -0.367 e. The van der Waals surface area contributed by atoms with Crippen molar-refractivity contribution >= 4 is 16.9 Å².